The maximum atomic E-state index is 13.1. The van der Waals surface area contributed by atoms with Crippen LogP contribution in [-0.4, -0.2) is 61.5 Å². The van der Waals surface area contributed by atoms with Gasteiger partial charge in [0.25, 0.3) is 0 Å². The van der Waals surface area contributed by atoms with Gasteiger partial charge < -0.3 is 29.4 Å². The lowest BCUT2D eigenvalue weighted by Crippen LogP contribution is -2.24. The van der Waals surface area contributed by atoms with Crippen LogP contribution in [0.4, 0.5) is 11.4 Å². The van der Waals surface area contributed by atoms with Gasteiger partial charge in [0.05, 0.1) is 43.8 Å². The second kappa shape index (κ2) is 11.3. The van der Waals surface area contributed by atoms with Crippen LogP contribution in [0.2, 0.25) is 0 Å². The summed E-state index contributed by atoms with van der Waals surface area (Å²) in [7, 11) is 2.99. The number of amides is 1. The molecule has 2 aromatic heterocycles. The van der Waals surface area contributed by atoms with Gasteiger partial charge in [0.1, 0.15) is 5.65 Å². The Morgan fingerprint density at radius 3 is 2.74 bits per heavy atom. The number of fused-ring (bicyclic) bond motifs is 1. The van der Waals surface area contributed by atoms with Gasteiger partial charge in [-0.1, -0.05) is 30.3 Å². The summed E-state index contributed by atoms with van der Waals surface area (Å²) in [6.45, 7) is 3.93. The number of aromatic nitrogens is 2. The quantitative estimate of drug-likeness (QED) is 0.428. The van der Waals surface area contributed by atoms with E-state index in [-0.39, 0.29) is 23.6 Å². The first-order valence-electron chi connectivity index (χ1n) is 11.8. The third-order valence-corrected chi connectivity index (χ3v) is 6.12. The SMILES string of the molecule is COC[C@H](C)Nc1cnc2c(c1)c(NC(=O)[C@H]1CCOC1)c(C(=O)OC)n2CCc1ccccc1. The van der Waals surface area contributed by atoms with Gasteiger partial charge in [-0.25, -0.2) is 9.78 Å². The van der Waals surface area contributed by atoms with E-state index in [1.54, 1.807) is 13.3 Å². The number of aryl methyl sites for hydroxylation is 2. The normalized spacial score (nSPS) is 16.3. The van der Waals surface area contributed by atoms with E-state index < -0.39 is 5.97 Å². The number of ether oxygens (including phenoxy) is 3. The third kappa shape index (κ3) is 5.63. The fourth-order valence-electron chi connectivity index (χ4n) is 4.39. The Hall–Kier alpha value is -3.43. The number of rotatable bonds is 10. The number of carbonyl (C=O) groups excluding carboxylic acids is 2. The summed E-state index contributed by atoms with van der Waals surface area (Å²) < 4.78 is 17.6. The molecule has 1 fully saturated rings. The van der Waals surface area contributed by atoms with Crippen LogP contribution < -0.4 is 10.6 Å². The van der Waals surface area contributed by atoms with Crippen LogP contribution in [0.5, 0.6) is 0 Å². The van der Waals surface area contributed by atoms with E-state index in [2.05, 4.69) is 15.6 Å². The number of benzene rings is 1. The molecular weight excluding hydrogens is 448 g/mol. The molecule has 9 heteroatoms. The van der Waals surface area contributed by atoms with Crippen molar-refractivity contribution in [2.45, 2.75) is 32.4 Å². The predicted octanol–water partition coefficient (Wildman–Crippen LogP) is 3.49. The van der Waals surface area contributed by atoms with Crippen molar-refractivity contribution in [2.24, 2.45) is 5.92 Å². The molecule has 1 saturated heterocycles. The second-order valence-electron chi connectivity index (χ2n) is 8.75. The number of methoxy groups -OCH3 is 2. The van der Waals surface area contributed by atoms with Crippen LogP contribution in [0.1, 0.15) is 29.4 Å². The lowest BCUT2D eigenvalue weighted by Gasteiger charge is -2.14. The highest BCUT2D eigenvalue weighted by Gasteiger charge is 2.30. The molecule has 0 saturated carbocycles. The number of nitrogens with one attached hydrogen (secondary N) is 2. The number of pyridine rings is 1. The first-order chi connectivity index (χ1) is 17.0. The summed E-state index contributed by atoms with van der Waals surface area (Å²) in [4.78, 5) is 30.7. The van der Waals surface area contributed by atoms with E-state index in [1.807, 2.05) is 47.9 Å². The Morgan fingerprint density at radius 1 is 1.26 bits per heavy atom. The fraction of sp³-hybridized carbons (Fsp3) is 0.423. The molecule has 0 bridgehead atoms. The van der Waals surface area contributed by atoms with Crippen molar-refractivity contribution < 1.29 is 23.8 Å². The number of esters is 1. The lowest BCUT2D eigenvalue weighted by molar-refractivity contribution is -0.119. The Labute approximate surface area is 204 Å². The molecule has 1 aliphatic rings. The molecule has 4 rings (SSSR count). The molecule has 35 heavy (non-hydrogen) atoms. The van der Waals surface area contributed by atoms with Crippen LogP contribution in [-0.2, 0) is 32.0 Å². The molecular formula is C26H32N4O5. The zero-order valence-electron chi connectivity index (χ0n) is 20.4. The molecule has 9 nitrogen and oxygen atoms in total. The average molecular weight is 481 g/mol. The molecule has 1 aliphatic heterocycles. The minimum absolute atomic E-state index is 0.0492. The molecule has 0 spiro atoms. The molecule has 3 heterocycles. The van der Waals surface area contributed by atoms with Crippen molar-refractivity contribution in [3.63, 3.8) is 0 Å². The molecule has 2 N–H and O–H groups in total. The monoisotopic (exact) mass is 480 g/mol. The molecule has 1 amide bonds. The van der Waals surface area contributed by atoms with E-state index in [0.717, 1.165) is 11.3 Å². The van der Waals surface area contributed by atoms with Crippen LogP contribution in [0.3, 0.4) is 0 Å². The van der Waals surface area contributed by atoms with Gasteiger partial charge in [-0.2, -0.15) is 0 Å². The van der Waals surface area contributed by atoms with Crippen molar-refractivity contribution >= 4 is 34.3 Å². The summed E-state index contributed by atoms with van der Waals surface area (Å²) in [6, 6.07) is 12.0. The minimum Gasteiger partial charge on any atom is -0.464 e. The number of anilines is 2. The summed E-state index contributed by atoms with van der Waals surface area (Å²) in [5.74, 6) is -0.976. The van der Waals surface area contributed by atoms with Crippen LogP contribution in [0.15, 0.2) is 42.6 Å². The predicted molar refractivity (Wildman–Crippen MR) is 134 cm³/mol. The molecule has 0 unspecified atom stereocenters. The van der Waals surface area contributed by atoms with Gasteiger partial charge >= 0.3 is 5.97 Å². The highest BCUT2D eigenvalue weighted by molar-refractivity contribution is 6.11. The van der Waals surface area contributed by atoms with Crippen LogP contribution in [0.25, 0.3) is 11.0 Å². The van der Waals surface area contributed by atoms with Crippen molar-refractivity contribution in [1.82, 2.24) is 9.55 Å². The summed E-state index contributed by atoms with van der Waals surface area (Å²) in [6.07, 6.45) is 3.06. The molecule has 0 radical (unpaired) electrons. The second-order valence-corrected chi connectivity index (χ2v) is 8.75. The molecule has 186 valence electrons. The first-order valence-corrected chi connectivity index (χ1v) is 11.8. The van der Waals surface area contributed by atoms with E-state index in [1.165, 1.54) is 7.11 Å². The Morgan fingerprint density at radius 2 is 2.06 bits per heavy atom. The van der Waals surface area contributed by atoms with Gasteiger partial charge in [0, 0.05) is 31.7 Å². The van der Waals surface area contributed by atoms with Gasteiger partial charge in [0.15, 0.2) is 5.69 Å². The van der Waals surface area contributed by atoms with Crippen molar-refractivity contribution in [3.8, 4) is 0 Å². The number of nitrogens with zero attached hydrogens (tertiary/aromatic N) is 2. The average Bonchev–Trinajstić information content (AvgIpc) is 3.50. The number of carbonyl (C=O) groups is 2. The van der Waals surface area contributed by atoms with Crippen molar-refractivity contribution in [2.75, 3.05) is 44.7 Å². The zero-order valence-corrected chi connectivity index (χ0v) is 20.4. The fourth-order valence-corrected chi connectivity index (χ4v) is 4.39. The summed E-state index contributed by atoms with van der Waals surface area (Å²) in [5, 5.41) is 7.02. The Bertz CT molecular complexity index is 1170. The number of hydrogen-bond donors (Lipinski definition) is 2. The first kappa shape index (κ1) is 24.7. The third-order valence-electron chi connectivity index (χ3n) is 6.12. The molecule has 1 aromatic carbocycles. The van der Waals surface area contributed by atoms with E-state index >= 15 is 0 Å². The smallest absolute Gasteiger partial charge is 0.356 e. The highest BCUT2D eigenvalue weighted by atomic mass is 16.5. The van der Waals surface area contributed by atoms with E-state index in [9.17, 15) is 9.59 Å². The lowest BCUT2D eigenvalue weighted by atomic mass is 10.1. The van der Waals surface area contributed by atoms with Gasteiger partial charge in [-0.3, -0.25) is 4.79 Å². The zero-order chi connectivity index (χ0) is 24.8. The topological polar surface area (TPSA) is 104 Å². The Balaban J connectivity index is 1.78. The molecule has 2 atom stereocenters. The molecule has 0 aliphatic carbocycles. The maximum absolute atomic E-state index is 13.1. The van der Waals surface area contributed by atoms with Gasteiger partial charge in [0.2, 0.25) is 5.91 Å². The van der Waals surface area contributed by atoms with Crippen molar-refractivity contribution in [3.05, 3.63) is 53.9 Å². The Kier molecular flexibility index (Phi) is 7.99. The van der Waals surface area contributed by atoms with E-state index in [0.29, 0.717) is 55.9 Å². The maximum Gasteiger partial charge on any atom is 0.356 e. The van der Waals surface area contributed by atoms with E-state index in [4.69, 9.17) is 14.2 Å². The summed E-state index contributed by atoms with van der Waals surface area (Å²) in [5.41, 5.74) is 3.18. The minimum atomic E-state index is -0.531. The van der Waals surface area contributed by atoms with Gasteiger partial charge in [-0.15, -0.1) is 0 Å². The number of hydrogen-bond acceptors (Lipinski definition) is 7. The van der Waals surface area contributed by atoms with Crippen molar-refractivity contribution in [1.29, 1.82) is 0 Å². The van der Waals surface area contributed by atoms with Crippen LogP contribution >= 0.6 is 0 Å². The largest absolute Gasteiger partial charge is 0.464 e. The van der Waals surface area contributed by atoms with Crippen LogP contribution in [0, 0.1) is 5.92 Å². The van der Waals surface area contributed by atoms with Gasteiger partial charge in [-0.05, 0) is 31.4 Å². The molecule has 3 aromatic rings. The standard InChI is InChI=1S/C26H32N4O5/c1-17(15-33-2)28-20-13-21-22(29-25(31)19-10-12-35-16-19)23(26(32)34-3)30(24(21)27-14-20)11-9-18-7-5-4-6-8-18/h4-8,13-14,17,19,28H,9-12,15-16H2,1-3H3,(H,29,31)/t17-,19-/m0/s1. The highest BCUT2D eigenvalue weighted by Crippen LogP contribution is 2.34. The summed E-state index contributed by atoms with van der Waals surface area (Å²) >= 11 is 0.